The van der Waals surface area contributed by atoms with Crippen LogP contribution in [0.1, 0.15) is 19.3 Å². The Bertz CT molecular complexity index is 658. The van der Waals surface area contributed by atoms with Crippen molar-refractivity contribution in [3.63, 3.8) is 0 Å². The van der Waals surface area contributed by atoms with Gasteiger partial charge in [-0.3, -0.25) is 0 Å². The number of benzene rings is 1. The minimum atomic E-state index is 0.210. The lowest BCUT2D eigenvalue weighted by Crippen LogP contribution is -2.19. The lowest BCUT2D eigenvalue weighted by Gasteiger charge is -2.19. The van der Waals surface area contributed by atoms with Gasteiger partial charge in [0.15, 0.2) is 5.75 Å². The highest BCUT2D eigenvalue weighted by molar-refractivity contribution is 9.11. The first-order valence-corrected chi connectivity index (χ1v) is 8.93. The third kappa shape index (κ3) is 3.52. The number of pyridine rings is 1. The summed E-state index contributed by atoms with van der Waals surface area (Å²) in [5.41, 5.74) is 0.793. The van der Waals surface area contributed by atoms with Crippen molar-refractivity contribution in [2.45, 2.75) is 25.4 Å². The number of nitrogens with zero attached hydrogens (tertiary/aromatic N) is 1. The zero-order chi connectivity index (χ0) is 14.8. The molecule has 0 bridgehead atoms. The summed E-state index contributed by atoms with van der Waals surface area (Å²) < 4.78 is 8.13. The maximum absolute atomic E-state index is 6.26. The minimum absolute atomic E-state index is 0.210. The zero-order valence-corrected chi connectivity index (χ0v) is 15.3. The quantitative estimate of drug-likeness (QED) is 0.681. The second kappa shape index (κ2) is 6.82. The average molecular weight is 435 g/mol. The average Bonchev–Trinajstić information content (AvgIpc) is 2.71. The molecule has 1 aliphatic heterocycles. The lowest BCUT2D eigenvalue weighted by molar-refractivity contribution is 0.188. The summed E-state index contributed by atoms with van der Waals surface area (Å²) in [5.74, 6) is 0.780. The highest BCUT2D eigenvalue weighted by Crippen LogP contribution is 2.39. The molecule has 1 N–H and O–H groups in total. The predicted molar refractivity (Wildman–Crippen MR) is 93.3 cm³/mol. The van der Waals surface area contributed by atoms with Crippen LogP contribution in [0.5, 0.6) is 5.75 Å². The Hall–Kier alpha value is -0.360. The van der Waals surface area contributed by atoms with E-state index in [4.69, 9.17) is 16.3 Å². The van der Waals surface area contributed by atoms with Gasteiger partial charge in [0.05, 0.1) is 4.47 Å². The van der Waals surface area contributed by atoms with E-state index in [0.717, 1.165) is 57.9 Å². The molecule has 1 aromatic heterocycles. The summed E-state index contributed by atoms with van der Waals surface area (Å²) in [6.45, 7) is 2.05. The van der Waals surface area contributed by atoms with Crippen molar-refractivity contribution in [1.82, 2.24) is 10.3 Å². The molecule has 1 fully saturated rings. The van der Waals surface area contributed by atoms with Crippen LogP contribution in [0.25, 0.3) is 10.9 Å². The molecule has 1 atom stereocenters. The molecule has 6 heteroatoms. The molecule has 0 saturated carbocycles. The van der Waals surface area contributed by atoms with Crippen LogP contribution < -0.4 is 10.1 Å². The normalized spacial score (nSPS) is 19.5. The molecule has 0 aliphatic carbocycles. The Morgan fingerprint density at radius 2 is 2.05 bits per heavy atom. The van der Waals surface area contributed by atoms with E-state index in [1.807, 2.05) is 12.1 Å². The number of hydrogen-bond acceptors (Lipinski definition) is 3. The van der Waals surface area contributed by atoms with Crippen molar-refractivity contribution < 1.29 is 4.74 Å². The zero-order valence-electron chi connectivity index (χ0n) is 11.3. The van der Waals surface area contributed by atoms with E-state index in [9.17, 15) is 0 Å². The maximum atomic E-state index is 6.26. The van der Waals surface area contributed by atoms with Crippen molar-refractivity contribution in [3.8, 4) is 5.75 Å². The van der Waals surface area contributed by atoms with E-state index in [2.05, 4.69) is 42.2 Å². The van der Waals surface area contributed by atoms with Crippen molar-refractivity contribution in [2.24, 2.45) is 0 Å². The number of hydrogen-bond donors (Lipinski definition) is 1. The molecule has 0 spiro atoms. The summed E-state index contributed by atoms with van der Waals surface area (Å²) in [6, 6.07) is 5.76. The molecule has 112 valence electrons. The fraction of sp³-hybridized carbons (Fsp3) is 0.400. The number of aromatic nitrogens is 1. The first kappa shape index (κ1) is 15.5. The van der Waals surface area contributed by atoms with Gasteiger partial charge in [-0.25, -0.2) is 4.98 Å². The van der Waals surface area contributed by atoms with E-state index in [0.29, 0.717) is 5.15 Å². The Morgan fingerprint density at radius 3 is 2.90 bits per heavy atom. The molecule has 0 amide bonds. The second-order valence-electron chi connectivity index (χ2n) is 5.12. The molecular formula is C15H15Br2ClN2O. The molecule has 1 aliphatic rings. The van der Waals surface area contributed by atoms with E-state index in [1.54, 1.807) is 6.07 Å². The summed E-state index contributed by atoms with van der Waals surface area (Å²) in [4.78, 5) is 4.45. The third-order valence-electron chi connectivity index (χ3n) is 3.61. The van der Waals surface area contributed by atoms with Gasteiger partial charge in [-0.2, -0.15) is 0 Å². The van der Waals surface area contributed by atoms with Gasteiger partial charge in [0.1, 0.15) is 16.8 Å². The number of rotatable bonds is 2. The summed E-state index contributed by atoms with van der Waals surface area (Å²) in [5, 5.41) is 4.87. The Labute approximate surface area is 145 Å². The fourth-order valence-electron chi connectivity index (χ4n) is 2.55. The van der Waals surface area contributed by atoms with Crippen LogP contribution in [0.15, 0.2) is 27.1 Å². The summed E-state index contributed by atoms with van der Waals surface area (Å²) in [6.07, 6.45) is 3.40. The monoisotopic (exact) mass is 432 g/mol. The van der Waals surface area contributed by atoms with Gasteiger partial charge in [0.25, 0.3) is 0 Å². The topological polar surface area (TPSA) is 34.1 Å². The summed E-state index contributed by atoms with van der Waals surface area (Å²) >= 11 is 13.2. The Kier molecular flexibility index (Phi) is 5.04. The van der Waals surface area contributed by atoms with Crippen LogP contribution in [0.2, 0.25) is 5.15 Å². The van der Waals surface area contributed by atoms with Gasteiger partial charge in [0.2, 0.25) is 0 Å². The molecule has 21 heavy (non-hydrogen) atoms. The van der Waals surface area contributed by atoms with Gasteiger partial charge in [0, 0.05) is 9.86 Å². The highest BCUT2D eigenvalue weighted by Gasteiger charge is 2.19. The fourth-order valence-corrected chi connectivity index (χ4v) is 4.07. The third-order valence-corrected chi connectivity index (χ3v) is 5.07. The van der Waals surface area contributed by atoms with Crippen molar-refractivity contribution in [2.75, 3.05) is 13.1 Å². The van der Waals surface area contributed by atoms with Gasteiger partial charge in [-0.15, -0.1) is 0 Å². The molecule has 1 aromatic carbocycles. The Balaban J connectivity index is 2.02. The summed E-state index contributed by atoms with van der Waals surface area (Å²) in [7, 11) is 0. The van der Waals surface area contributed by atoms with Crippen molar-refractivity contribution >= 4 is 54.4 Å². The predicted octanol–water partition coefficient (Wildman–Crippen LogP) is 4.93. The number of ether oxygens (including phenoxy) is 1. The molecule has 3 rings (SSSR count). The SMILES string of the molecule is Clc1ccc2c(Br)cc(Br)c(OC3CCCNCC3)c2n1. The largest absolute Gasteiger partial charge is 0.487 e. The van der Waals surface area contributed by atoms with Crippen LogP contribution in [0, 0.1) is 0 Å². The van der Waals surface area contributed by atoms with Crippen molar-refractivity contribution in [1.29, 1.82) is 0 Å². The minimum Gasteiger partial charge on any atom is -0.487 e. The van der Waals surface area contributed by atoms with E-state index in [-0.39, 0.29) is 6.10 Å². The van der Waals surface area contributed by atoms with Gasteiger partial charge < -0.3 is 10.1 Å². The van der Waals surface area contributed by atoms with Crippen LogP contribution in [0.4, 0.5) is 0 Å². The Morgan fingerprint density at radius 1 is 1.19 bits per heavy atom. The van der Waals surface area contributed by atoms with Gasteiger partial charge in [-0.1, -0.05) is 27.5 Å². The molecule has 0 radical (unpaired) electrons. The molecule has 2 aromatic rings. The first-order valence-electron chi connectivity index (χ1n) is 6.97. The standard InChI is InChI=1S/C15H15Br2ClN2O/c16-11-8-12(17)15(14-10(11)3-4-13(18)20-14)21-9-2-1-6-19-7-5-9/h3-4,8-9,19H,1-2,5-7H2. The smallest absolute Gasteiger partial charge is 0.160 e. The maximum Gasteiger partial charge on any atom is 0.160 e. The lowest BCUT2D eigenvalue weighted by atomic mass is 10.1. The van der Waals surface area contributed by atoms with Crippen molar-refractivity contribution in [3.05, 3.63) is 32.3 Å². The van der Waals surface area contributed by atoms with Crippen LogP contribution in [-0.2, 0) is 0 Å². The highest BCUT2D eigenvalue weighted by atomic mass is 79.9. The van der Waals surface area contributed by atoms with Gasteiger partial charge >= 0.3 is 0 Å². The molecule has 3 nitrogen and oxygen atoms in total. The number of halogens is 3. The van der Waals surface area contributed by atoms with E-state index >= 15 is 0 Å². The number of nitrogens with one attached hydrogen (secondary N) is 1. The van der Waals surface area contributed by atoms with Crippen LogP contribution in [0.3, 0.4) is 0 Å². The molecule has 1 unspecified atom stereocenters. The van der Waals surface area contributed by atoms with E-state index in [1.165, 1.54) is 0 Å². The van der Waals surface area contributed by atoms with Crippen LogP contribution in [-0.4, -0.2) is 24.2 Å². The molecule has 2 heterocycles. The first-order chi connectivity index (χ1) is 10.1. The molecular weight excluding hydrogens is 419 g/mol. The van der Waals surface area contributed by atoms with Crippen LogP contribution >= 0.6 is 43.5 Å². The van der Waals surface area contributed by atoms with E-state index < -0.39 is 0 Å². The van der Waals surface area contributed by atoms with Gasteiger partial charge in [-0.05, 0) is 66.5 Å². The number of fused-ring (bicyclic) bond motifs is 1. The second-order valence-corrected chi connectivity index (χ2v) is 7.22. The molecule has 1 saturated heterocycles.